The van der Waals surface area contributed by atoms with E-state index in [9.17, 15) is 22.0 Å². The van der Waals surface area contributed by atoms with Crippen LogP contribution in [0.2, 0.25) is 0 Å². The third kappa shape index (κ3) is 3.19. The van der Waals surface area contributed by atoms with Crippen molar-refractivity contribution in [3.8, 4) is 0 Å². The summed E-state index contributed by atoms with van der Waals surface area (Å²) in [4.78, 5) is 20.5. The minimum Gasteiger partial charge on any atom is -0.481 e. The van der Waals surface area contributed by atoms with Crippen LogP contribution in [0.25, 0.3) is 0 Å². The number of aromatic nitrogens is 2. The molecule has 2 aliphatic rings. The number of fused-ring (bicyclic) bond motifs is 1. The van der Waals surface area contributed by atoms with Gasteiger partial charge in [-0.15, -0.1) is 0 Å². The van der Waals surface area contributed by atoms with Crippen LogP contribution >= 0.6 is 0 Å². The average Bonchev–Trinajstić information content (AvgIpc) is 3.10. The number of carbonyl (C=O) groups is 1. The van der Waals surface area contributed by atoms with Gasteiger partial charge >= 0.3 is 5.97 Å². The van der Waals surface area contributed by atoms with Crippen molar-refractivity contribution < 1.29 is 27.1 Å². The molecule has 7 nitrogen and oxygen atoms in total. The number of nitrogens with zero attached hydrogens (tertiary/aromatic N) is 3. The highest BCUT2D eigenvalue weighted by Gasteiger charge is 2.45. The van der Waals surface area contributed by atoms with Crippen LogP contribution in [0.5, 0.6) is 0 Å². The van der Waals surface area contributed by atoms with E-state index in [1.165, 1.54) is 0 Å². The van der Waals surface area contributed by atoms with E-state index in [1.807, 2.05) is 0 Å². The first-order chi connectivity index (χ1) is 11.5. The zero-order valence-corrected chi connectivity index (χ0v) is 14.7. The van der Waals surface area contributed by atoms with Gasteiger partial charge in [-0.3, -0.25) is 4.79 Å². The molecule has 0 saturated carbocycles. The lowest BCUT2D eigenvalue weighted by Crippen LogP contribution is -2.27. The number of anilines is 1. The summed E-state index contributed by atoms with van der Waals surface area (Å²) in [5, 5.41) is 8.54. The largest absolute Gasteiger partial charge is 0.481 e. The lowest BCUT2D eigenvalue weighted by Gasteiger charge is -2.22. The van der Waals surface area contributed by atoms with Crippen LogP contribution in [-0.4, -0.2) is 48.8 Å². The summed E-state index contributed by atoms with van der Waals surface area (Å²) in [5.74, 6) is -4.62. The molecule has 0 aromatic carbocycles. The Morgan fingerprint density at radius 2 is 2.08 bits per heavy atom. The molecule has 2 unspecified atom stereocenters. The maximum absolute atomic E-state index is 14.1. The van der Waals surface area contributed by atoms with Crippen LogP contribution < -0.4 is 4.90 Å². The summed E-state index contributed by atoms with van der Waals surface area (Å²) in [6.45, 7) is 2.39. The number of halogens is 2. The van der Waals surface area contributed by atoms with Crippen LogP contribution in [0.1, 0.15) is 31.0 Å². The van der Waals surface area contributed by atoms with Gasteiger partial charge in [0.1, 0.15) is 11.5 Å². The van der Waals surface area contributed by atoms with E-state index in [0.717, 1.165) is 6.26 Å². The van der Waals surface area contributed by atoms with E-state index in [0.29, 0.717) is 19.5 Å². The molecule has 1 aromatic heterocycles. The Kier molecular flexibility index (Phi) is 4.21. The van der Waals surface area contributed by atoms with Crippen molar-refractivity contribution in [2.45, 2.75) is 37.3 Å². The maximum Gasteiger partial charge on any atom is 0.306 e. The van der Waals surface area contributed by atoms with Gasteiger partial charge in [-0.25, -0.2) is 18.4 Å². The topological polar surface area (TPSA) is 100 Å². The molecule has 0 amide bonds. The summed E-state index contributed by atoms with van der Waals surface area (Å²) in [5.41, 5.74) is -0.256. The minimum atomic E-state index is -3.85. The van der Waals surface area contributed by atoms with Crippen molar-refractivity contribution in [1.82, 2.24) is 9.97 Å². The van der Waals surface area contributed by atoms with Crippen molar-refractivity contribution >= 4 is 21.6 Å². The van der Waals surface area contributed by atoms with Crippen molar-refractivity contribution in [3.05, 3.63) is 11.3 Å². The second-order valence-electron chi connectivity index (χ2n) is 6.76. The Labute approximate surface area is 144 Å². The van der Waals surface area contributed by atoms with Crippen LogP contribution in [0.4, 0.5) is 14.6 Å². The number of sulfone groups is 1. The minimum absolute atomic E-state index is 0.0668. The van der Waals surface area contributed by atoms with Crippen molar-refractivity contribution in [3.63, 3.8) is 0 Å². The first-order valence-electron chi connectivity index (χ1n) is 7.97. The number of alkyl halides is 2. The number of carboxylic acids is 1. The monoisotopic (exact) mass is 375 g/mol. The lowest BCUT2D eigenvalue weighted by molar-refractivity contribution is -0.142. The predicted octanol–water partition coefficient (Wildman–Crippen LogP) is 1.47. The maximum atomic E-state index is 14.1. The molecule has 10 heteroatoms. The summed E-state index contributed by atoms with van der Waals surface area (Å²) < 4.78 is 51.8. The zero-order chi connectivity index (χ0) is 18.6. The molecular formula is C15H19F2N3O4S. The van der Waals surface area contributed by atoms with Gasteiger partial charge in [0, 0.05) is 31.3 Å². The van der Waals surface area contributed by atoms with Gasteiger partial charge in [0.05, 0.1) is 5.92 Å². The first-order valence-corrected chi connectivity index (χ1v) is 9.87. The molecule has 1 aliphatic carbocycles. The Hall–Kier alpha value is -1.84. The van der Waals surface area contributed by atoms with Crippen molar-refractivity contribution in [2.75, 3.05) is 24.2 Å². The summed E-state index contributed by atoms with van der Waals surface area (Å²) >= 11 is 0. The Bertz CT molecular complexity index is 828. The van der Waals surface area contributed by atoms with Gasteiger partial charge in [0.2, 0.25) is 15.0 Å². The van der Waals surface area contributed by atoms with E-state index in [-0.39, 0.29) is 23.7 Å². The van der Waals surface area contributed by atoms with Crippen LogP contribution in [-0.2, 0) is 27.0 Å². The third-order valence-corrected chi connectivity index (χ3v) is 5.80. The summed E-state index contributed by atoms with van der Waals surface area (Å²) in [6.07, 6.45) is 1.10. The highest BCUT2D eigenvalue weighted by Crippen LogP contribution is 2.44. The molecule has 1 saturated heterocycles. The van der Waals surface area contributed by atoms with E-state index >= 15 is 0 Å². The van der Waals surface area contributed by atoms with Crippen LogP contribution in [0.15, 0.2) is 5.16 Å². The molecular weight excluding hydrogens is 356 g/mol. The molecule has 2 atom stereocenters. The standard InChI is InChI=1S/C15H19F2N3O4S/c1-8(13(21)22)9-4-6-20(7-9)12-10-3-5-15(16,17)11(10)18-14(19-12)25(2,23)24/h8-9H,3-7H2,1-2H3,(H,21,22). The quantitative estimate of drug-likeness (QED) is 0.795. The second-order valence-corrected chi connectivity index (χ2v) is 8.66. The molecule has 1 aromatic rings. The van der Waals surface area contributed by atoms with Crippen molar-refractivity contribution in [1.29, 1.82) is 0 Å². The predicted molar refractivity (Wildman–Crippen MR) is 84.5 cm³/mol. The van der Waals surface area contributed by atoms with Crippen LogP contribution in [0, 0.1) is 11.8 Å². The molecule has 2 heterocycles. The molecule has 138 valence electrons. The van der Waals surface area contributed by atoms with Gasteiger partial charge in [-0.1, -0.05) is 6.92 Å². The number of rotatable bonds is 4. The highest BCUT2D eigenvalue weighted by atomic mass is 32.2. The van der Waals surface area contributed by atoms with Gasteiger partial charge in [-0.05, 0) is 18.8 Å². The van der Waals surface area contributed by atoms with Gasteiger partial charge in [0.25, 0.3) is 5.92 Å². The fourth-order valence-electron chi connectivity index (χ4n) is 3.40. The number of carboxylic acid groups (broad SMARTS) is 1. The Balaban J connectivity index is 2.03. The Morgan fingerprint density at radius 3 is 2.68 bits per heavy atom. The van der Waals surface area contributed by atoms with Crippen LogP contribution in [0.3, 0.4) is 0 Å². The molecule has 3 rings (SSSR count). The molecule has 1 aliphatic heterocycles. The van der Waals surface area contributed by atoms with E-state index in [4.69, 9.17) is 5.11 Å². The smallest absolute Gasteiger partial charge is 0.306 e. The summed E-state index contributed by atoms with van der Waals surface area (Å²) in [7, 11) is -3.85. The van der Waals surface area contributed by atoms with Gasteiger partial charge < -0.3 is 10.0 Å². The molecule has 25 heavy (non-hydrogen) atoms. The molecule has 1 N–H and O–H groups in total. The Morgan fingerprint density at radius 1 is 1.40 bits per heavy atom. The first kappa shape index (κ1) is 18.0. The number of hydrogen-bond donors (Lipinski definition) is 1. The van der Waals surface area contributed by atoms with E-state index < -0.39 is 44.9 Å². The third-order valence-electron chi connectivity index (χ3n) is 4.95. The zero-order valence-electron chi connectivity index (χ0n) is 13.9. The SMILES string of the molecule is CC(C(=O)O)C1CCN(c2nc(S(C)(=O)=O)nc3c2CCC3(F)F)C1. The molecule has 1 fully saturated rings. The fraction of sp³-hybridized carbons (Fsp3) is 0.667. The normalized spacial score (nSPS) is 23.5. The molecule has 0 radical (unpaired) electrons. The van der Waals surface area contributed by atoms with Gasteiger partial charge in [0.15, 0.2) is 0 Å². The average molecular weight is 375 g/mol. The summed E-state index contributed by atoms with van der Waals surface area (Å²) in [6, 6.07) is 0. The fourth-order valence-corrected chi connectivity index (χ4v) is 3.91. The van der Waals surface area contributed by atoms with Gasteiger partial charge in [-0.2, -0.15) is 8.78 Å². The van der Waals surface area contributed by atoms with Crippen molar-refractivity contribution in [2.24, 2.45) is 11.8 Å². The highest BCUT2D eigenvalue weighted by molar-refractivity contribution is 7.90. The molecule has 0 spiro atoms. The lowest BCUT2D eigenvalue weighted by atomic mass is 9.94. The number of hydrogen-bond acceptors (Lipinski definition) is 6. The second kappa shape index (κ2) is 5.86. The molecule has 0 bridgehead atoms. The van der Waals surface area contributed by atoms with E-state index in [2.05, 4.69) is 9.97 Å². The van der Waals surface area contributed by atoms with E-state index in [1.54, 1.807) is 11.8 Å². The number of aliphatic carboxylic acids is 1.